The van der Waals surface area contributed by atoms with Gasteiger partial charge in [0.1, 0.15) is 12.3 Å². The fourth-order valence-electron chi connectivity index (χ4n) is 3.19. The Kier molecular flexibility index (Phi) is 7.31. The number of nitrogens with zero attached hydrogens (tertiary/aromatic N) is 3. The molecular weight excluding hydrogens is 410 g/mol. The second-order valence-electron chi connectivity index (χ2n) is 6.90. The van der Waals surface area contributed by atoms with E-state index in [1.807, 2.05) is 24.3 Å². The Hall–Kier alpha value is -3.04. The van der Waals surface area contributed by atoms with Crippen LogP contribution in [-0.4, -0.2) is 77.8 Å². The van der Waals surface area contributed by atoms with Crippen molar-refractivity contribution in [3.63, 3.8) is 0 Å². The van der Waals surface area contributed by atoms with Gasteiger partial charge in [-0.05, 0) is 24.3 Å². The van der Waals surface area contributed by atoms with Crippen molar-refractivity contribution in [2.24, 2.45) is 0 Å². The number of carbonyl (C=O) groups excluding carboxylic acids is 1. The molecule has 1 amide bonds. The van der Waals surface area contributed by atoms with E-state index in [1.165, 1.54) is 12.3 Å². The Morgan fingerprint density at radius 1 is 1.13 bits per heavy atom. The van der Waals surface area contributed by atoms with Crippen LogP contribution in [0, 0.1) is 0 Å². The number of piperazine rings is 1. The molecule has 3 rings (SSSR count). The maximum atomic E-state index is 11.9. The number of hydrogen-bond donors (Lipinski definition) is 4. The van der Waals surface area contributed by atoms with Gasteiger partial charge in [0, 0.05) is 56.0 Å². The normalized spacial score (nSPS) is 14.4. The van der Waals surface area contributed by atoms with Gasteiger partial charge in [0.15, 0.2) is 5.69 Å². The first kappa shape index (κ1) is 21.7. The van der Waals surface area contributed by atoms with Crippen molar-refractivity contribution in [3.05, 3.63) is 47.2 Å². The molecule has 1 aromatic carbocycles. The van der Waals surface area contributed by atoms with Crippen molar-refractivity contribution < 1.29 is 19.8 Å². The molecular formula is C20H24ClN5O4. The van der Waals surface area contributed by atoms with Gasteiger partial charge in [-0.15, -0.1) is 0 Å². The van der Waals surface area contributed by atoms with E-state index in [2.05, 4.69) is 25.4 Å². The van der Waals surface area contributed by atoms with E-state index in [9.17, 15) is 14.7 Å². The summed E-state index contributed by atoms with van der Waals surface area (Å²) >= 11 is 5.89. The van der Waals surface area contributed by atoms with Crippen molar-refractivity contribution in [1.29, 1.82) is 0 Å². The molecule has 0 atom stereocenters. The number of aliphatic carboxylic acids is 1. The van der Waals surface area contributed by atoms with E-state index in [1.54, 1.807) is 0 Å². The highest BCUT2D eigenvalue weighted by molar-refractivity contribution is 6.30. The lowest BCUT2D eigenvalue weighted by atomic mass is 10.2. The van der Waals surface area contributed by atoms with Crippen LogP contribution in [0.1, 0.15) is 10.5 Å². The first-order valence-corrected chi connectivity index (χ1v) is 9.96. The number of rotatable bonds is 8. The summed E-state index contributed by atoms with van der Waals surface area (Å²) in [6, 6.07) is 9.09. The van der Waals surface area contributed by atoms with Crippen LogP contribution in [0.25, 0.3) is 0 Å². The van der Waals surface area contributed by atoms with Crippen LogP contribution >= 0.6 is 11.6 Å². The molecule has 10 heteroatoms. The van der Waals surface area contributed by atoms with Crippen molar-refractivity contribution in [3.8, 4) is 5.75 Å². The smallest absolute Gasteiger partial charge is 0.322 e. The van der Waals surface area contributed by atoms with Crippen LogP contribution in [0.3, 0.4) is 0 Å². The quantitative estimate of drug-likeness (QED) is 0.494. The van der Waals surface area contributed by atoms with Crippen LogP contribution < -0.4 is 15.5 Å². The number of aromatic nitrogens is 1. The van der Waals surface area contributed by atoms with Crippen molar-refractivity contribution >= 4 is 34.9 Å². The highest BCUT2D eigenvalue weighted by Gasteiger charge is 2.20. The molecule has 1 fully saturated rings. The molecule has 0 aliphatic carbocycles. The molecule has 0 bridgehead atoms. The average molecular weight is 434 g/mol. The van der Waals surface area contributed by atoms with E-state index >= 15 is 0 Å². The summed E-state index contributed by atoms with van der Waals surface area (Å²) in [6.45, 7) is 4.47. The number of benzene rings is 1. The monoisotopic (exact) mass is 433 g/mol. The zero-order valence-corrected chi connectivity index (χ0v) is 17.1. The van der Waals surface area contributed by atoms with Gasteiger partial charge in [0.05, 0.1) is 11.9 Å². The molecule has 0 unspecified atom stereocenters. The number of amides is 1. The molecule has 2 aromatic rings. The topological polar surface area (TPSA) is 118 Å². The van der Waals surface area contributed by atoms with Crippen LogP contribution in [0.4, 0.5) is 11.4 Å². The first-order valence-electron chi connectivity index (χ1n) is 9.58. The fourth-order valence-corrected chi connectivity index (χ4v) is 3.31. The van der Waals surface area contributed by atoms with E-state index in [0.717, 1.165) is 50.6 Å². The van der Waals surface area contributed by atoms with Crippen molar-refractivity contribution in [2.45, 2.75) is 0 Å². The third-order valence-corrected chi connectivity index (χ3v) is 5.06. The Morgan fingerprint density at radius 2 is 1.83 bits per heavy atom. The molecule has 1 aromatic heterocycles. The minimum Gasteiger partial charge on any atom is -0.505 e. The zero-order valence-electron chi connectivity index (χ0n) is 16.3. The largest absolute Gasteiger partial charge is 0.505 e. The van der Waals surface area contributed by atoms with E-state index in [-0.39, 0.29) is 11.4 Å². The maximum Gasteiger partial charge on any atom is 0.322 e. The molecule has 2 heterocycles. The number of carbonyl (C=O) groups is 2. The van der Waals surface area contributed by atoms with Crippen molar-refractivity contribution in [2.75, 3.05) is 56.0 Å². The van der Waals surface area contributed by atoms with Gasteiger partial charge in [-0.25, -0.2) is 4.98 Å². The van der Waals surface area contributed by atoms with Crippen LogP contribution in [-0.2, 0) is 4.79 Å². The first-order chi connectivity index (χ1) is 14.4. The minimum absolute atomic E-state index is 0.188. The number of aromatic hydroxyl groups is 1. The number of carboxylic acids is 1. The van der Waals surface area contributed by atoms with Gasteiger partial charge in [0.2, 0.25) is 0 Å². The van der Waals surface area contributed by atoms with Gasteiger partial charge in [0.25, 0.3) is 5.91 Å². The summed E-state index contributed by atoms with van der Waals surface area (Å²) < 4.78 is 0. The summed E-state index contributed by atoms with van der Waals surface area (Å²) in [6.07, 6.45) is 1.52. The highest BCUT2D eigenvalue weighted by atomic mass is 35.5. The third kappa shape index (κ3) is 5.98. The predicted octanol–water partition coefficient (Wildman–Crippen LogP) is 1.49. The zero-order chi connectivity index (χ0) is 21.5. The average Bonchev–Trinajstić information content (AvgIpc) is 2.74. The van der Waals surface area contributed by atoms with Gasteiger partial charge in [-0.1, -0.05) is 11.6 Å². The summed E-state index contributed by atoms with van der Waals surface area (Å²) in [5, 5.41) is 25.0. The SMILES string of the molecule is O=C(O)CNC(=O)c1ncc(N2CCN(CCNc3ccc(Cl)cc3)CC2)cc1O. The molecule has 160 valence electrons. The van der Waals surface area contributed by atoms with Crippen LogP contribution in [0.5, 0.6) is 5.75 Å². The van der Waals surface area contributed by atoms with Gasteiger partial charge < -0.3 is 25.7 Å². The van der Waals surface area contributed by atoms with E-state index in [0.29, 0.717) is 5.02 Å². The Labute approximate surface area is 179 Å². The van der Waals surface area contributed by atoms with Gasteiger partial charge >= 0.3 is 5.97 Å². The molecule has 9 nitrogen and oxygen atoms in total. The Balaban J connectivity index is 1.46. The molecule has 0 saturated carbocycles. The molecule has 0 spiro atoms. The summed E-state index contributed by atoms with van der Waals surface area (Å²) in [7, 11) is 0. The third-order valence-electron chi connectivity index (χ3n) is 4.81. The summed E-state index contributed by atoms with van der Waals surface area (Å²) in [5.74, 6) is -2.16. The number of hydrogen-bond acceptors (Lipinski definition) is 7. The molecule has 0 radical (unpaired) electrons. The number of pyridine rings is 1. The predicted molar refractivity (Wildman–Crippen MR) is 114 cm³/mol. The molecule has 30 heavy (non-hydrogen) atoms. The Bertz CT molecular complexity index is 885. The standard InChI is InChI=1S/C20H24ClN5O4/c21-14-1-3-15(4-2-14)22-5-6-25-7-9-26(10-8-25)16-11-17(27)19(23-12-16)20(30)24-13-18(28)29/h1-4,11-12,22,27H,5-10,13H2,(H,24,30)(H,28,29). The number of nitrogens with one attached hydrogen (secondary N) is 2. The molecule has 1 aliphatic rings. The highest BCUT2D eigenvalue weighted by Crippen LogP contribution is 2.23. The number of carboxylic acid groups (broad SMARTS) is 1. The van der Waals surface area contributed by atoms with Gasteiger partial charge in [-0.3, -0.25) is 14.5 Å². The Morgan fingerprint density at radius 3 is 2.47 bits per heavy atom. The summed E-state index contributed by atoms with van der Waals surface area (Å²) in [4.78, 5) is 30.9. The van der Waals surface area contributed by atoms with E-state index < -0.39 is 18.4 Å². The molecule has 1 aliphatic heterocycles. The second-order valence-corrected chi connectivity index (χ2v) is 7.34. The molecule has 1 saturated heterocycles. The lowest BCUT2D eigenvalue weighted by Gasteiger charge is -2.36. The molecule has 4 N–H and O–H groups in total. The van der Waals surface area contributed by atoms with E-state index in [4.69, 9.17) is 16.7 Å². The lowest BCUT2D eigenvalue weighted by Crippen LogP contribution is -2.47. The fraction of sp³-hybridized carbons (Fsp3) is 0.350. The maximum absolute atomic E-state index is 11.9. The lowest BCUT2D eigenvalue weighted by molar-refractivity contribution is -0.135. The van der Waals surface area contributed by atoms with Gasteiger partial charge in [-0.2, -0.15) is 0 Å². The number of halogens is 1. The second kappa shape index (κ2) is 10.1. The number of anilines is 2. The van der Waals surface area contributed by atoms with Crippen LogP contribution in [0.15, 0.2) is 36.5 Å². The minimum atomic E-state index is -1.17. The summed E-state index contributed by atoms with van der Waals surface area (Å²) in [5.41, 5.74) is 1.57. The van der Waals surface area contributed by atoms with Crippen LogP contribution in [0.2, 0.25) is 5.02 Å². The van der Waals surface area contributed by atoms with Crippen molar-refractivity contribution in [1.82, 2.24) is 15.2 Å².